The zero-order valence-corrected chi connectivity index (χ0v) is 7.24. The number of nitrogens with zero attached hydrogens (tertiary/aromatic N) is 1. The van der Waals surface area contributed by atoms with E-state index in [4.69, 9.17) is 0 Å². The minimum atomic E-state index is -3.64. The first-order valence-electron chi connectivity index (χ1n) is 3.56. The number of sulfone groups is 1. The molecule has 2 aliphatic rings. The maximum atomic E-state index is 11.4. The van der Waals surface area contributed by atoms with Crippen LogP contribution in [0.4, 0.5) is 0 Å². The molecule has 68 valence electrons. The molecule has 0 radical (unpaired) electrons. The van der Waals surface area contributed by atoms with Crippen molar-refractivity contribution in [3.05, 3.63) is 17.2 Å². The fraction of sp³-hybridized carbons (Fsp3) is 0.286. The predicted molar refractivity (Wildman–Crippen MR) is 42.5 cm³/mol. The second-order valence-electron chi connectivity index (χ2n) is 2.79. The molecule has 0 aromatic rings. The number of hydrogen-bond donors (Lipinski definition) is 0. The molecule has 5 nitrogen and oxygen atoms in total. The molecule has 1 saturated heterocycles. The smallest absolute Gasteiger partial charge is 0.230 e. The largest absolute Gasteiger partial charge is 0.300 e. The maximum Gasteiger partial charge on any atom is 0.230 e. The van der Waals surface area contributed by atoms with Gasteiger partial charge in [0.1, 0.15) is 5.94 Å². The Morgan fingerprint density at radius 1 is 1.54 bits per heavy atom. The van der Waals surface area contributed by atoms with Crippen LogP contribution in [0.3, 0.4) is 0 Å². The third kappa shape index (κ3) is 0.897. The molecule has 1 amide bonds. The van der Waals surface area contributed by atoms with Crippen LogP contribution in [0.5, 0.6) is 0 Å². The number of carbonyl (C=O) groups is 1. The Hall–Kier alpha value is -1.39. The molecule has 2 heterocycles. The molecule has 2 rings (SSSR count). The topological polar surface area (TPSA) is 71.5 Å². The van der Waals surface area contributed by atoms with Gasteiger partial charge in [-0.25, -0.2) is 13.2 Å². The molecule has 0 aliphatic carbocycles. The highest BCUT2D eigenvalue weighted by Crippen LogP contribution is 2.32. The van der Waals surface area contributed by atoms with Gasteiger partial charge in [-0.1, -0.05) is 0 Å². The van der Waals surface area contributed by atoms with Gasteiger partial charge in [0, 0.05) is 6.20 Å². The molecule has 1 atom stereocenters. The average Bonchev–Trinajstić information content (AvgIpc) is 2.06. The first-order valence-corrected chi connectivity index (χ1v) is 5.10. The first-order chi connectivity index (χ1) is 6.07. The van der Waals surface area contributed by atoms with E-state index in [9.17, 15) is 18.0 Å². The van der Waals surface area contributed by atoms with Crippen LogP contribution in [0.2, 0.25) is 0 Å². The molecular weight excluding hydrogens is 194 g/mol. The molecule has 0 spiro atoms. The third-order valence-electron chi connectivity index (χ3n) is 2.10. The van der Waals surface area contributed by atoms with Gasteiger partial charge in [0.25, 0.3) is 0 Å². The van der Waals surface area contributed by atoms with Crippen LogP contribution >= 0.6 is 0 Å². The summed E-state index contributed by atoms with van der Waals surface area (Å²) in [6.45, 7) is 0. The quantitative estimate of drug-likeness (QED) is 0.378. The van der Waals surface area contributed by atoms with Crippen LogP contribution in [0.25, 0.3) is 0 Å². The van der Waals surface area contributed by atoms with Gasteiger partial charge in [-0.05, 0) is 6.08 Å². The van der Waals surface area contributed by atoms with Gasteiger partial charge in [0.05, 0.1) is 6.42 Å². The predicted octanol–water partition coefficient (Wildman–Crippen LogP) is -0.798. The van der Waals surface area contributed by atoms with E-state index in [0.29, 0.717) is 0 Å². The molecule has 0 saturated carbocycles. The third-order valence-corrected chi connectivity index (χ3v) is 4.04. The summed E-state index contributed by atoms with van der Waals surface area (Å²) in [6.07, 6.45) is 2.35. The molecule has 0 aromatic carbocycles. The van der Waals surface area contributed by atoms with Crippen LogP contribution in [0.15, 0.2) is 17.2 Å². The maximum absolute atomic E-state index is 11.4. The first kappa shape index (κ1) is 8.22. The van der Waals surface area contributed by atoms with Gasteiger partial charge in [-0.3, -0.25) is 4.79 Å². The number of allylic oxidation sites excluding steroid dienone is 1. The number of β-lactam (4-membered cyclic amide) rings is 1. The molecular formula is C7H5NO4S. The molecule has 0 unspecified atom stereocenters. The van der Waals surface area contributed by atoms with E-state index in [1.165, 1.54) is 12.1 Å². The Kier molecular flexibility index (Phi) is 1.46. The lowest BCUT2D eigenvalue weighted by atomic mass is 10.2. The Labute approximate surface area is 74.2 Å². The lowest BCUT2D eigenvalue weighted by Crippen LogP contribution is -2.55. The zero-order chi connectivity index (χ0) is 9.64. The Balaban J connectivity index is 2.56. The van der Waals surface area contributed by atoms with E-state index in [0.717, 1.165) is 11.0 Å². The summed E-state index contributed by atoms with van der Waals surface area (Å²) in [5, 5.41) is -0.874. The molecule has 6 heteroatoms. The minimum Gasteiger partial charge on any atom is -0.300 e. The number of rotatable bonds is 0. The molecule has 1 fully saturated rings. The van der Waals surface area contributed by atoms with Crippen LogP contribution in [0, 0.1) is 0 Å². The van der Waals surface area contributed by atoms with Crippen molar-refractivity contribution in [2.24, 2.45) is 0 Å². The Morgan fingerprint density at radius 3 is 2.77 bits per heavy atom. The monoisotopic (exact) mass is 199 g/mol. The summed E-state index contributed by atoms with van der Waals surface area (Å²) in [5.74, 6) is 1.11. The van der Waals surface area contributed by atoms with Crippen LogP contribution in [-0.2, 0) is 19.4 Å². The Bertz CT molecular complexity index is 455. The summed E-state index contributed by atoms with van der Waals surface area (Å²) >= 11 is 0. The minimum absolute atomic E-state index is 0.0438. The standard InChI is InChI=1S/C7H5NO4S/c9-4-5-1-2-8-6(10)3-7(8)13(5,11)12/h1-2,7H,3H2/t7-/m0/s1. The van der Waals surface area contributed by atoms with Crippen LogP contribution < -0.4 is 0 Å². The summed E-state index contributed by atoms with van der Waals surface area (Å²) in [6, 6.07) is 0. The summed E-state index contributed by atoms with van der Waals surface area (Å²) < 4.78 is 22.8. The van der Waals surface area contributed by atoms with E-state index in [1.807, 2.05) is 0 Å². The van der Waals surface area contributed by atoms with Crippen LogP contribution in [0.1, 0.15) is 6.42 Å². The van der Waals surface area contributed by atoms with Crippen molar-refractivity contribution in [3.8, 4) is 0 Å². The number of carbonyl (C=O) groups excluding carboxylic acids is 2. The van der Waals surface area contributed by atoms with Gasteiger partial charge in [0.15, 0.2) is 10.3 Å². The van der Waals surface area contributed by atoms with Gasteiger partial charge in [0.2, 0.25) is 15.7 Å². The SMILES string of the molecule is O=C=C1C=CN2C(=O)C[C@@H]2S1(=O)=O. The zero-order valence-electron chi connectivity index (χ0n) is 6.43. The van der Waals surface area contributed by atoms with Crippen LogP contribution in [-0.4, -0.2) is 30.5 Å². The number of fused-ring (bicyclic) bond motifs is 1. The molecule has 2 aliphatic heterocycles. The van der Waals surface area contributed by atoms with E-state index in [1.54, 1.807) is 0 Å². The Morgan fingerprint density at radius 2 is 2.23 bits per heavy atom. The van der Waals surface area contributed by atoms with E-state index >= 15 is 0 Å². The number of hydrogen-bond acceptors (Lipinski definition) is 4. The van der Waals surface area contributed by atoms with Gasteiger partial charge in [-0.2, -0.15) is 0 Å². The van der Waals surface area contributed by atoms with Gasteiger partial charge in [-0.15, -0.1) is 0 Å². The van der Waals surface area contributed by atoms with Crippen molar-refractivity contribution in [1.29, 1.82) is 0 Å². The summed E-state index contributed by atoms with van der Waals surface area (Å²) in [5.41, 5.74) is 0. The van der Waals surface area contributed by atoms with Crippen molar-refractivity contribution in [2.75, 3.05) is 0 Å². The normalized spacial score (nSPS) is 29.2. The van der Waals surface area contributed by atoms with E-state index < -0.39 is 15.2 Å². The fourth-order valence-electron chi connectivity index (χ4n) is 1.32. The van der Waals surface area contributed by atoms with Crippen molar-refractivity contribution >= 4 is 21.7 Å². The average molecular weight is 199 g/mol. The molecule has 0 N–H and O–H groups in total. The lowest BCUT2D eigenvalue weighted by Gasteiger charge is -2.38. The second-order valence-corrected chi connectivity index (χ2v) is 4.86. The van der Waals surface area contributed by atoms with Gasteiger partial charge < -0.3 is 4.90 Å². The lowest BCUT2D eigenvalue weighted by molar-refractivity contribution is -0.137. The number of amides is 1. The van der Waals surface area contributed by atoms with Crippen molar-refractivity contribution < 1.29 is 18.0 Å². The summed E-state index contributed by atoms with van der Waals surface area (Å²) in [7, 11) is -3.64. The van der Waals surface area contributed by atoms with E-state index in [-0.39, 0.29) is 17.2 Å². The highest BCUT2D eigenvalue weighted by atomic mass is 32.2. The molecule has 0 bridgehead atoms. The van der Waals surface area contributed by atoms with Crippen molar-refractivity contribution in [3.63, 3.8) is 0 Å². The highest BCUT2D eigenvalue weighted by Gasteiger charge is 2.47. The van der Waals surface area contributed by atoms with Crippen molar-refractivity contribution in [1.82, 2.24) is 4.90 Å². The highest BCUT2D eigenvalue weighted by molar-refractivity contribution is 7.96. The fourth-order valence-corrected chi connectivity index (χ4v) is 2.83. The summed E-state index contributed by atoms with van der Waals surface area (Å²) in [4.78, 5) is 21.8. The van der Waals surface area contributed by atoms with E-state index in [2.05, 4.69) is 0 Å². The molecule has 0 aromatic heterocycles. The molecule has 13 heavy (non-hydrogen) atoms. The second kappa shape index (κ2) is 2.31. The van der Waals surface area contributed by atoms with Gasteiger partial charge >= 0.3 is 0 Å². The van der Waals surface area contributed by atoms with Crippen molar-refractivity contribution in [2.45, 2.75) is 11.8 Å².